The smallest absolute Gasteiger partial charge is 0.336 e. The summed E-state index contributed by atoms with van der Waals surface area (Å²) < 4.78 is 42.5. The third kappa shape index (κ3) is 15.1. The van der Waals surface area contributed by atoms with E-state index in [1.54, 1.807) is 47.0 Å². The highest BCUT2D eigenvalue weighted by Gasteiger charge is 2.25. The highest BCUT2D eigenvalue weighted by atomic mass is 19.1. The Balaban J connectivity index is 0.631. The molecule has 7 aromatic rings. The van der Waals surface area contributed by atoms with Gasteiger partial charge >= 0.3 is 5.97 Å². The van der Waals surface area contributed by atoms with Crippen LogP contribution in [0.5, 0.6) is 17.4 Å². The number of aromatic hydroxyl groups is 2. The van der Waals surface area contributed by atoms with Gasteiger partial charge < -0.3 is 49.5 Å². The summed E-state index contributed by atoms with van der Waals surface area (Å²) in [6.07, 6.45) is 8.40. The molecule has 3 heterocycles. The molecule has 1 aliphatic carbocycles. The predicted octanol–water partition coefficient (Wildman–Crippen LogP) is 10.7. The van der Waals surface area contributed by atoms with Crippen molar-refractivity contribution in [2.24, 2.45) is 0 Å². The van der Waals surface area contributed by atoms with E-state index < -0.39 is 11.8 Å². The van der Waals surface area contributed by atoms with Crippen molar-refractivity contribution in [3.8, 4) is 51.1 Å². The highest BCUT2D eigenvalue weighted by molar-refractivity contribution is 6.09. The number of benzene rings is 6. The van der Waals surface area contributed by atoms with Crippen LogP contribution in [0.4, 0.5) is 10.1 Å². The third-order valence-electron chi connectivity index (χ3n) is 14.7. The van der Waals surface area contributed by atoms with Crippen LogP contribution in [0.3, 0.4) is 0 Å². The normalized spacial score (nSPS) is 11.3. The SMILES string of the molecule is CN(C)c1ccc2c(-c3cc(C(=O)NCCOCCOCCC(=O)NCCCCCCCCOc4ccc(Cc5cc6c(Cc7ccccc7)nc(-c7ccc(O)cc7)cn6c5O)cc4F)ccc3C(=O)O)c3ccc(=[N+](C)C)cc-3oc2c1. The lowest BCUT2D eigenvalue weighted by Gasteiger charge is -2.19. The maximum absolute atomic E-state index is 15.3. The standard InChI is InChI=1S/C67H71FN6O10/c1-72(2)49-20-25-53-61(41-49)84-62-42-50(73(3)4)21-26-54(62)64(53)55-39-47(19-24-52(55)67(79)80)65(77)70-30-33-82-35-34-81-32-28-63(76)69-29-12-7-5-6-8-13-31-83-60-27-16-45(37-56(60)68)36-48-40-59-57(38-44-14-10-9-11-15-44)71-58(43-74(59)66(48)78)46-17-22-51(75)23-18-46/h9-11,14-27,37,39-43H,5-8,12-13,28-36,38H2,1-4H3,(H4-,69,70,71,75,76,77,78,79,80)/p+1. The summed E-state index contributed by atoms with van der Waals surface area (Å²) in [6.45, 7) is 2.22. The molecule has 0 fully saturated rings. The third-order valence-corrected chi connectivity index (χ3v) is 14.7. The van der Waals surface area contributed by atoms with Crippen LogP contribution in [0.1, 0.15) is 88.0 Å². The van der Waals surface area contributed by atoms with Crippen LogP contribution in [-0.2, 0) is 27.1 Å². The Kier molecular flexibility index (Phi) is 20.1. The van der Waals surface area contributed by atoms with Crippen molar-refractivity contribution in [2.45, 2.75) is 57.8 Å². The number of fused-ring (bicyclic) bond motifs is 3. The number of ether oxygens (including phenoxy) is 3. The van der Waals surface area contributed by atoms with Crippen molar-refractivity contribution in [2.75, 3.05) is 79.2 Å². The van der Waals surface area contributed by atoms with Crippen molar-refractivity contribution in [1.29, 1.82) is 0 Å². The van der Waals surface area contributed by atoms with Gasteiger partial charge in [-0.05, 0) is 108 Å². The lowest BCUT2D eigenvalue weighted by atomic mass is 9.89. The van der Waals surface area contributed by atoms with Gasteiger partial charge in [-0.2, -0.15) is 0 Å². The fourth-order valence-electron chi connectivity index (χ4n) is 10.1. The number of carboxylic acids is 1. The molecular formula is C67H72FN6O10+. The summed E-state index contributed by atoms with van der Waals surface area (Å²) in [6, 6.07) is 39.7. The van der Waals surface area contributed by atoms with Crippen molar-refractivity contribution in [3.63, 3.8) is 0 Å². The molecule has 5 N–H and O–H groups in total. The van der Waals surface area contributed by atoms with Gasteiger partial charge in [0.1, 0.15) is 31.2 Å². The number of carbonyl (C=O) groups is 3. The van der Waals surface area contributed by atoms with Crippen LogP contribution >= 0.6 is 0 Å². The first-order chi connectivity index (χ1) is 40.7. The predicted molar refractivity (Wildman–Crippen MR) is 324 cm³/mol. The van der Waals surface area contributed by atoms with Gasteiger partial charge in [-0.3, -0.25) is 14.0 Å². The molecular weight excluding hydrogens is 1070 g/mol. The number of unbranched alkanes of at least 4 members (excludes halogenated alkanes) is 5. The van der Waals surface area contributed by atoms with E-state index in [1.165, 1.54) is 18.2 Å². The summed E-state index contributed by atoms with van der Waals surface area (Å²) in [5, 5.41) is 39.1. The van der Waals surface area contributed by atoms with Gasteiger partial charge in [-0.25, -0.2) is 18.7 Å². The van der Waals surface area contributed by atoms with Gasteiger partial charge in [-0.1, -0.05) is 62.1 Å². The van der Waals surface area contributed by atoms with Crippen molar-refractivity contribution >= 4 is 40.0 Å². The Bertz CT molecular complexity index is 3800. The number of amides is 2. The van der Waals surface area contributed by atoms with Crippen molar-refractivity contribution in [3.05, 3.63) is 184 Å². The molecule has 0 spiro atoms. The van der Waals surface area contributed by atoms with E-state index >= 15 is 4.39 Å². The molecule has 2 aliphatic rings. The number of anilines is 1. The number of aromatic nitrogens is 2. The topological polar surface area (TPSA) is 200 Å². The minimum atomic E-state index is -1.12. The molecule has 0 atom stereocenters. The minimum Gasteiger partial charge on any atom is -0.508 e. The quantitative estimate of drug-likeness (QED) is 0.0177. The number of nitrogens with one attached hydrogen (secondary N) is 2. The van der Waals surface area contributed by atoms with Crippen LogP contribution in [0.15, 0.2) is 144 Å². The Morgan fingerprint density at radius 1 is 0.714 bits per heavy atom. The molecule has 84 heavy (non-hydrogen) atoms. The highest BCUT2D eigenvalue weighted by Crippen LogP contribution is 2.42. The second-order valence-electron chi connectivity index (χ2n) is 21.2. The lowest BCUT2D eigenvalue weighted by Crippen LogP contribution is -2.28. The second kappa shape index (κ2) is 28.3. The van der Waals surface area contributed by atoms with E-state index in [0.717, 1.165) is 71.9 Å². The van der Waals surface area contributed by atoms with Crippen molar-refractivity contribution in [1.82, 2.24) is 24.6 Å². The summed E-state index contributed by atoms with van der Waals surface area (Å²) >= 11 is 0. The van der Waals surface area contributed by atoms with Gasteiger partial charge in [0, 0.05) is 104 Å². The van der Waals surface area contributed by atoms with Gasteiger partial charge in [-0.15, -0.1) is 0 Å². The maximum Gasteiger partial charge on any atom is 0.336 e. The molecule has 17 heteroatoms. The van der Waals surface area contributed by atoms with Crippen molar-refractivity contribution < 1.29 is 52.7 Å². The molecule has 0 saturated heterocycles. The number of aromatic carboxylic acids is 1. The van der Waals surface area contributed by atoms with Gasteiger partial charge in [0.05, 0.1) is 61.6 Å². The molecule has 1 aliphatic heterocycles. The Morgan fingerprint density at radius 3 is 2.23 bits per heavy atom. The van der Waals surface area contributed by atoms with Gasteiger partial charge in [0.2, 0.25) is 11.3 Å². The van der Waals surface area contributed by atoms with Crippen LogP contribution < -0.4 is 30.2 Å². The van der Waals surface area contributed by atoms with E-state index in [9.17, 15) is 29.7 Å². The monoisotopic (exact) mass is 1140 g/mol. The average molecular weight is 1140 g/mol. The van der Waals surface area contributed by atoms with Gasteiger partial charge in [0.15, 0.2) is 17.4 Å². The van der Waals surface area contributed by atoms with Crippen LogP contribution in [0.2, 0.25) is 0 Å². The first-order valence-corrected chi connectivity index (χ1v) is 28.4. The second-order valence-corrected chi connectivity index (χ2v) is 21.2. The van der Waals surface area contributed by atoms with E-state index in [-0.39, 0.29) is 74.1 Å². The molecule has 16 nitrogen and oxygen atoms in total. The summed E-state index contributed by atoms with van der Waals surface area (Å²) in [7, 11) is 7.74. The van der Waals surface area contributed by atoms with E-state index in [2.05, 4.69) is 10.6 Å². The zero-order chi connectivity index (χ0) is 59.1. The molecule has 0 bridgehead atoms. The first kappa shape index (κ1) is 59.6. The number of nitrogens with zero attached hydrogens (tertiary/aromatic N) is 4. The number of phenolic OH excluding ortho intramolecular Hbond substituents is 1. The number of halogens is 1. The summed E-state index contributed by atoms with van der Waals surface area (Å²) in [5.74, 6) is -1.07. The zero-order valence-corrected chi connectivity index (χ0v) is 48.0. The number of rotatable bonds is 28. The molecule has 2 aromatic heterocycles. The van der Waals surface area contributed by atoms with Crippen LogP contribution in [0.25, 0.3) is 50.2 Å². The largest absolute Gasteiger partial charge is 0.508 e. The number of hydrogen-bond acceptors (Lipinski definition) is 11. The van der Waals surface area contributed by atoms with E-state index in [0.29, 0.717) is 81.8 Å². The number of carbonyl (C=O) groups excluding carboxylic acids is 2. The van der Waals surface area contributed by atoms with Crippen LogP contribution in [-0.4, -0.2) is 117 Å². The Morgan fingerprint density at radius 2 is 1.48 bits per heavy atom. The fourth-order valence-corrected chi connectivity index (χ4v) is 10.1. The number of phenols is 1. The zero-order valence-electron chi connectivity index (χ0n) is 48.0. The Labute approximate surface area is 487 Å². The summed E-state index contributed by atoms with van der Waals surface area (Å²) in [5.41, 5.74) is 8.97. The Hall–Kier alpha value is -9.06. The summed E-state index contributed by atoms with van der Waals surface area (Å²) in [4.78, 5) is 45.4. The fraction of sp³-hybridized carbons (Fsp3) is 0.299. The minimum absolute atomic E-state index is 0.0543. The number of hydrogen-bond donors (Lipinski definition) is 5. The first-order valence-electron chi connectivity index (χ1n) is 28.4. The molecule has 0 saturated carbocycles. The maximum atomic E-state index is 15.3. The molecule has 9 rings (SSSR count). The molecule has 0 unspecified atom stereocenters. The van der Waals surface area contributed by atoms with E-state index in [1.807, 2.05) is 117 Å². The number of carboxylic acid groups (broad SMARTS) is 1. The lowest BCUT2D eigenvalue weighted by molar-refractivity contribution is -0.122. The molecule has 2 amide bonds. The molecule has 0 radical (unpaired) electrons. The average Bonchev–Trinajstić information content (AvgIpc) is 1.23. The van der Waals surface area contributed by atoms with Gasteiger partial charge in [0.25, 0.3) is 5.91 Å². The molecule has 436 valence electrons. The van der Waals surface area contributed by atoms with Crippen LogP contribution in [0, 0.1) is 5.82 Å². The van der Waals surface area contributed by atoms with E-state index in [4.69, 9.17) is 23.6 Å². The molecule has 5 aromatic carbocycles.